The zero-order valence-electron chi connectivity index (χ0n) is 8.85. The number of rotatable bonds is 4. The maximum Gasteiger partial charge on any atom is 0.193 e. The number of imidazole rings is 1. The Morgan fingerprint density at radius 3 is 3.13 bits per heavy atom. The van der Waals surface area contributed by atoms with Crippen LogP contribution in [0.1, 0.15) is 12.6 Å². The van der Waals surface area contributed by atoms with Crippen molar-refractivity contribution in [1.29, 1.82) is 0 Å². The molecule has 82 valence electrons. The molecule has 0 aliphatic rings. The maximum atomic E-state index is 5.93. The van der Waals surface area contributed by atoms with E-state index in [2.05, 4.69) is 27.5 Å². The van der Waals surface area contributed by atoms with Gasteiger partial charge in [0.15, 0.2) is 4.96 Å². The van der Waals surface area contributed by atoms with Gasteiger partial charge < -0.3 is 0 Å². The molecule has 0 aliphatic heterocycles. The molecule has 15 heavy (non-hydrogen) atoms. The third-order valence-electron chi connectivity index (χ3n) is 2.14. The standard InChI is InChI=1S/C10H14ClN3S/c1-8(11)5-13(2)6-9-7-14-3-4-15-10(14)12-9/h3-4,7-8H,5-6H2,1-2H3. The van der Waals surface area contributed by atoms with Gasteiger partial charge >= 0.3 is 0 Å². The van der Waals surface area contributed by atoms with E-state index in [9.17, 15) is 0 Å². The first-order valence-corrected chi connectivity index (χ1v) is 6.20. The Bertz CT molecular complexity index is 406. The lowest BCUT2D eigenvalue weighted by Gasteiger charge is -2.16. The van der Waals surface area contributed by atoms with Crippen molar-refractivity contribution in [1.82, 2.24) is 14.3 Å². The number of nitrogens with zero attached hydrogens (tertiary/aromatic N) is 3. The van der Waals surface area contributed by atoms with Crippen LogP contribution in [0.3, 0.4) is 0 Å². The largest absolute Gasteiger partial charge is 0.299 e. The smallest absolute Gasteiger partial charge is 0.193 e. The van der Waals surface area contributed by atoms with E-state index in [-0.39, 0.29) is 5.38 Å². The zero-order chi connectivity index (χ0) is 10.8. The number of aromatic nitrogens is 2. The van der Waals surface area contributed by atoms with Crippen LogP contribution < -0.4 is 0 Å². The van der Waals surface area contributed by atoms with Gasteiger partial charge in [0.05, 0.1) is 5.69 Å². The summed E-state index contributed by atoms with van der Waals surface area (Å²) in [7, 11) is 2.06. The first-order valence-electron chi connectivity index (χ1n) is 4.89. The van der Waals surface area contributed by atoms with Crippen molar-refractivity contribution in [2.45, 2.75) is 18.8 Å². The van der Waals surface area contributed by atoms with Gasteiger partial charge in [0.25, 0.3) is 0 Å². The number of alkyl halides is 1. The maximum absolute atomic E-state index is 5.93. The molecule has 0 N–H and O–H groups in total. The van der Waals surface area contributed by atoms with Gasteiger partial charge in [-0.3, -0.25) is 9.30 Å². The summed E-state index contributed by atoms with van der Waals surface area (Å²) in [4.78, 5) is 7.75. The van der Waals surface area contributed by atoms with Crippen molar-refractivity contribution in [2.75, 3.05) is 13.6 Å². The molecule has 0 aliphatic carbocycles. The molecule has 1 atom stereocenters. The summed E-state index contributed by atoms with van der Waals surface area (Å²) in [6.07, 6.45) is 4.10. The van der Waals surface area contributed by atoms with Crippen LogP contribution in [0, 0.1) is 0 Å². The second kappa shape index (κ2) is 4.51. The summed E-state index contributed by atoms with van der Waals surface area (Å²) >= 11 is 7.59. The Morgan fingerprint density at radius 2 is 2.47 bits per heavy atom. The molecule has 3 nitrogen and oxygen atoms in total. The lowest BCUT2D eigenvalue weighted by atomic mass is 10.4. The van der Waals surface area contributed by atoms with Crippen molar-refractivity contribution in [3.63, 3.8) is 0 Å². The first kappa shape index (κ1) is 10.9. The van der Waals surface area contributed by atoms with Gasteiger partial charge in [-0.1, -0.05) is 0 Å². The van der Waals surface area contributed by atoms with E-state index in [0.717, 1.165) is 23.7 Å². The SMILES string of the molecule is CC(Cl)CN(C)Cc1cn2ccsc2n1. The molecular weight excluding hydrogens is 230 g/mol. The zero-order valence-corrected chi connectivity index (χ0v) is 10.4. The summed E-state index contributed by atoms with van der Waals surface area (Å²) in [6, 6.07) is 0. The van der Waals surface area contributed by atoms with Crippen molar-refractivity contribution < 1.29 is 0 Å². The Balaban J connectivity index is 2.02. The average molecular weight is 244 g/mol. The van der Waals surface area contributed by atoms with Crippen molar-refractivity contribution in [3.05, 3.63) is 23.5 Å². The van der Waals surface area contributed by atoms with Crippen LogP contribution in [0.4, 0.5) is 0 Å². The number of thiazole rings is 1. The van der Waals surface area contributed by atoms with E-state index in [1.165, 1.54) is 0 Å². The quantitative estimate of drug-likeness (QED) is 0.769. The molecule has 1 unspecified atom stereocenters. The molecule has 0 bridgehead atoms. The highest BCUT2D eigenvalue weighted by Crippen LogP contribution is 2.12. The Hall–Kier alpha value is -0.580. The van der Waals surface area contributed by atoms with Crippen LogP contribution in [-0.4, -0.2) is 33.3 Å². The van der Waals surface area contributed by atoms with Gasteiger partial charge in [-0.25, -0.2) is 4.98 Å². The predicted octanol–water partition coefficient (Wildman–Crippen LogP) is 2.45. The second-order valence-corrected chi connectivity index (χ2v) is 5.42. The fourth-order valence-corrected chi connectivity index (χ4v) is 2.58. The van der Waals surface area contributed by atoms with E-state index in [0.29, 0.717) is 0 Å². The average Bonchev–Trinajstić information content (AvgIpc) is 2.60. The highest BCUT2D eigenvalue weighted by Gasteiger charge is 2.07. The molecule has 0 fully saturated rings. The molecule has 0 saturated carbocycles. The summed E-state index contributed by atoms with van der Waals surface area (Å²) in [6.45, 7) is 3.74. The summed E-state index contributed by atoms with van der Waals surface area (Å²) in [5, 5.41) is 2.22. The molecular formula is C10H14ClN3S. The molecule has 2 aromatic rings. The van der Waals surface area contributed by atoms with Gasteiger partial charge in [0, 0.05) is 36.2 Å². The monoisotopic (exact) mass is 243 g/mol. The fraction of sp³-hybridized carbons (Fsp3) is 0.500. The van der Waals surface area contributed by atoms with E-state index in [1.54, 1.807) is 11.3 Å². The Labute approximate surface area is 98.3 Å². The third kappa shape index (κ3) is 2.71. The van der Waals surface area contributed by atoms with Crippen molar-refractivity contribution >= 4 is 27.9 Å². The topological polar surface area (TPSA) is 20.5 Å². The van der Waals surface area contributed by atoms with Crippen molar-refractivity contribution in [2.24, 2.45) is 0 Å². The van der Waals surface area contributed by atoms with Crippen LogP contribution >= 0.6 is 22.9 Å². The summed E-state index contributed by atoms with van der Waals surface area (Å²) < 4.78 is 2.05. The van der Waals surface area contributed by atoms with Gasteiger partial charge in [0.2, 0.25) is 0 Å². The fourth-order valence-electron chi connectivity index (χ4n) is 1.62. The number of halogens is 1. The predicted molar refractivity (Wildman–Crippen MR) is 64.7 cm³/mol. The van der Waals surface area contributed by atoms with Crippen LogP contribution in [0.5, 0.6) is 0 Å². The highest BCUT2D eigenvalue weighted by molar-refractivity contribution is 7.15. The minimum Gasteiger partial charge on any atom is -0.299 e. The summed E-state index contributed by atoms with van der Waals surface area (Å²) in [5.74, 6) is 0. The van der Waals surface area contributed by atoms with E-state index >= 15 is 0 Å². The third-order valence-corrected chi connectivity index (χ3v) is 3.05. The van der Waals surface area contributed by atoms with E-state index in [1.807, 2.05) is 18.5 Å². The molecule has 5 heteroatoms. The lowest BCUT2D eigenvalue weighted by Crippen LogP contribution is -2.24. The molecule has 0 spiro atoms. The van der Waals surface area contributed by atoms with Gasteiger partial charge in [-0.15, -0.1) is 22.9 Å². The van der Waals surface area contributed by atoms with Crippen LogP contribution in [0.15, 0.2) is 17.8 Å². The second-order valence-electron chi connectivity index (χ2n) is 3.80. The molecule has 0 amide bonds. The highest BCUT2D eigenvalue weighted by atomic mass is 35.5. The molecule has 2 rings (SSSR count). The molecule has 2 aromatic heterocycles. The van der Waals surface area contributed by atoms with Crippen LogP contribution in [0.2, 0.25) is 0 Å². The molecule has 2 heterocycles. The lowest BCUT2D eigenvalue weighted by molar-refractivity contribution is 0.326. The van der Waals surface area contributed by atoms with E-state index in [4.69, 9.17) is 11.6 Å². The Kier molecular flexibility index (Phi) is 3.29. The summed E-state index contributed by atoms with van der Waals surface area (Å²) in [5.41, 5.74) is 1.10. The number of fused-ring (bicyclic) bond motifs is 1. The minimum atomic E-state index is 0.179. The van der Waals surface area contributed by atoms with E-state index < -0.39 is 0 Å². The van der Waals surface area contributed by atoms with Crippen molar-refractivity contribution in [3.8, 4) is 0 Å². The number of hydrogen-bond donors (Lipinski definition) is 0. The van der Waals surface area contributed by atoms with Gasteiger partial charge in [0.1, 0.15) is 0 Å². The van der Waals surface area contributed by atoms with Gasteiger partial charge in [-0.2, -0.15) is 0 Å². The molecule has 0 radical (unpaired) electrons. The normalized spacial score (nSPS) is 13.9. The Morgan fingerprint density at radius 1 is 1.67 bits per heavy atom. The molecule has 0 saturated heterocycles. The minimum absolute atomic E-state index is 0.179. The van der Waals surface area contributed by atoms with Gasteiger partial charge in [-0.05, 0) is 14.0 Å². The van der Waals surface area contributed by atoms with Crippen LogP contribution in [0.25, 0.3) is 4.96 Å². The number of hydrogen-bond acceptors (Lipinski definition) is 3. The molecule has 0 aromatic carbocycles. The van der Waals surface area contributed by atoms with Crippen LogP contribution in [-0.2, 0) is 6.54 Å². The first-order chi connectivity index (χ1) is 7.15.